The van der Waals surface area contributed by atoms with Gasteiger partial charge in [0.2, 0.25) is 0 Å². The first-order chi connectivity index (χ1) is 9.97. The van der Waals surface area contributed by atoms with E-state index in [0.29, 0.717) is 11.1 Å². The van der Waals surface area contributed by atoms with Crippen molar-refractivity contribution < 1.29 is 14.1 Å². The van der Waals surface area contributed by atoms with E-state index >= 15 is 0 Å². The van der Waals surface area contributed by atoms with Crippen molar-refractivity contribution in [2.75, 3.05) is 7.11 Å². The molecule has 21 heavy (non-hydrogen) atoms. The van der Waals surface area contributed by atoms with Gasteiger partial charge < -0.3 is 4.74 Å². The summed E-state index contributed by atoms with van der Waals surface area (Å²) < 4.78 is 16.2. The molecule has 0 unspecified atom stereocenters. The van der Waals surface area contributed by atoms with E-state index in [1.54, 1.807) is 43.5 Å². The van der Waals surface area contributed by atoms with Gasteiger partial charge in [0.15, 0.2) is 14.2 Å². The fraction of sp³-hybridized carbons (Fsp3) is 0.235. The Balaban J connectivity index is 2.25. The van der Waals surface area contributed by atoms with Crippen LogP contribution in [0.4, 0.5) is 0 Å². The predicted molar refractivity (Wildman–Crippen MR) is 83.5 cm³/mol. The SMILES string of the molecule is COc1ccc(C(=O)c2ccc(C(C)(C)P=O)cc2)cc1. The van der Waals surface area contributed by atoms with Crippen LogP contribution in [0.5, 0.6) is 5.75 Å². The lowest BCUT2D eigenvalue weighted by Crippen LogP contribution is -2.08. The van der Waals surface area contributed by atoms with Crippen LogP contribution in [-0.2, 0) is 9.72 Å². The molecule has 0 N–H and O–H groups in total. The number of carbonyl (C=O) groups is 1. The summed E-state index contributed by atoms with van der Waals surface area (Å²) in [6.07, 6.45) is 0. The summed E-state index contributed by atoms with van der Waals surface area (Å²) in [5.41, 5.74) is 2.16. The number of carbonyl (C=O) groups excluding carboxylic acids is 1. The minimum absolute atomic E-state index is 0.0401. The van der Waals surface area contributed by atoms with Crippen LogP contribution in [0.15, 0.2) is 48.5 Å². The Hall–Kier alpha value is -1.99. The molecule has 0 atom stereocenters. The average Bonchev–Trinajstić information content (AvgIpc) is 2.54. The normalized spacial score (nSPS) is 11.4. The number of ether oxygens (including phenoxy) is 1. The molecule has 0 bridgehead atoms. The van der Waals surface area contributed by atoms with E-state index in [2.05, 4.69) is 0 Å². The van der Waals surface area contributed by atoms with Crippen molar-refractivity contribution in [1.82, 2.24) is 0 Å². The largest absolute Gasteiger partial charge is 0.497 e. The van der Waals surface area contributed by atoms with E-state index in [4.69, 9.17) is 4.74 Å². The van der Waals surface area contributed by atoms with Gasteiger partial charge in [0, 0.05) is 11.1 Å². The van der Waals surface area contributed by atoms with Crippen LogP contribution in [0.2, 0.25) is 0 Å². The van der Waals surface area contributed by atoms with Gasteiger partial charge in [-0.2, -0.15) is 0 Å². The first-order valence-corrected chi connectivity index (χ1v) is 7.43. The van der Waals surface area contributed by atoms with Crippen molar-refractivity contribution >= 4 is 14.2 Å². The molecule has 0 fully saturated rings. The zero-order valence-corrected chi connectivity index (χ0v) is 13.2. The molecule has 0 heterocycles. The molecule has 0 amide bonds. The summed E-state index contributed by atoms with van der Waals surface area (Å²) in [4.78, 5) is 12.4. The Morgan fingerprint density at radius 2 is 1.43 bits per heavy atom. The lowest BCUT2D eigenvalue weighted by atomic mass is 9.97. The topological polar surface area (TPSA) is 43.4 Å². The minimum Gasteiger partial charge on any atom is -0.497 e. The summed E-state index contributed by atoms with van der Waals surface area (Å²) in [6, 6.07) is 14.3. The van der Waals surface area contributed by atoms with Crippen molar-refractivity contribution in [2.45, 2.75) is 19.0 Å². The highest BCUT2D eigenvalue weighted by molar-refractivity contribution is 7.25. The molecule has 2 rings (SSSR count). The molecule has 0 radical (unpaired) electrons. The summed E-state index contributed by atoms with van der Waals surface area (Å²) >= 11 is 0. The quantitative estimate of drug-likeness (QED) is 0.605. The van der Waals surface area contributed by atoms with Crippen molar-refractivity contribution in [3.8, 4) is 5.75 Å². The fourth-order valence-electron chi connectivity index (χ4n) is 1.99. The van der Waals surface area contributed by atoms with Crippen LogP contribution in [0.1, 0.15) is 35.3 Å². The Morgan fingerprint density at radius 3 is 1.86 bits per heavy atom. The van der Waals surface area contributed by atoms with E-state index in [1.807, 2.05) is 26.0 Å². The van der Waals surface area contributed by atoms with Crippen LogP contribution < -0.4 is 4.74 Å². The summed E-state index contributed by atoms with van der Waals surface area (Å²) in [7, 11) is 1.65. The van der Waals surface area contributed by atoms with Crippen molar-refractivity contribution in [1.29, 1.82) is 0 Å². The van der Waals surface area contributed by atoms with Crippen molar-refractivity contribution in [3.63, 3.8) is 0 Å². The Morgan fingerprint density at radius 1 is 0.952 bits per heavy atom. The highest BCUT2D eigenvalue weighted by Crippen LogP contribution is 2.34. The third kappa shape index (κ3) is 3.37. The predicted octanol–water partition coefficient (Wildman–Crippen LogP) is 4.45. The van der Waals surface area contributed by atoms with Gasteiger partial charge in [-0.3, -0.25) is 9.36 Å². The molecule has 0 saturated carbocycles. The maximum Gasteiger partial charge on any atom is 0.193 e. The number of methoxy groups -OCH3 is 1. The Bertz CT molecular complexity index is 643. The molecule has 108 valence electrons. The van der Waals surface area contributed by atoms with E-state index < -0.39 is 5.16 Å². The Labute approximate surface area is 126 Å². The van der Waals surface area contributed by atoms with Crippen molar-refractivity contribution in [2.24, 2.45) is 0 Å². The summed E-state index contributed by atoms with van der Waals surface area (Å²) in [5.74, 6) is 0.680. The third-order valence-electron chi connectivity index (χ3n) is 3.43. The molecule has 0 aromatic heterocycles. The van der Waals surface area contributed by atoms with Gasteiger partial charge in [-0.15, -0.1) is 0 Å². The molecule has 2 aromatic rings. The van der Waals surface area contributed by atoms with Gasteiger partial charge in [0.1, 0.15) is 5.75 Å². The second kappa shape index (κ2) is 6.19. The van der Waals surface area contributed by atoms with Crippen LogP contribution in [-0.4, -0.2) is 12.9 Å². The van der Waals surface area contributed by atoms with Gasteiger partial charge in [0.05, 0.1) is 12.3 Å². The second-order valence-corrected chi connectivity index (χ2v) is 6.59. The van der Waals surface area contributed by atoms with Crippen LogP contribution >= 0.6 is 8.46 Å². The number of hydrogen-bond acceptors (Lipinski definition) is 3. The highest BCUT2D eigenvalue weighted by atomic mass is 31.1. The maximum absolute atomic E-state index is 12.4. The molecular formula is C17H17O3P. The highest BCUT2D eigenvalue weighted by Gasteiger charge is 2.21. The second-order valence-electron chi connectivity index (χ2n) is 5.29. The van der Waals surface area contributed by atoms with Crippen LogP contribution in [0.25, 0.3) is 0 Å². The number of rotatable bonds is 5. The van der Waals surface area contributed by atoms with Gasteiger partial charge in [-0.25, -0.2) is 0 Å². The lowest BCUT2D eigenvalue weighted by molar-refractivity contribution is 0.103. The molecule has 4 heteroatoms. The molecule has 0 spiro atoms. The number of ketones is 1. The molecule has 2 aromatic carbocycles. The molecule has 0 aliphatic heterocycles. The average molecular weight is 300 g/mol. The third-order valence-corrected chi connectivity index (χ3v) is 4.15. The zero-order chi connectivity index (χ0) is 15.5. The molecule has 0 aliphatic carbocycles. The van der Waals surface area contributed by atoms with E-state index in [9.17, 15) is 9.36 Å². The number of hydrogen-bond donors (Lipinski definition) is 0. The molecule has 0 saturated heterocycles. The molecule has 0 aliphatic rings. The maximum atomic E-state index is 12.4. The van der Waals surface area contributed by atoms with E-state index in [0.717, 1.165) is 11.3 Å². The monoisotopic (exact) mass is 300 g/mol. The zero-order valence-electron chi connectivity index (χ0n) is 12.3. The van der Waals surface area contributed by atoms with E-state index in [-0.39, 0.29) is 14.2 Å². The molecular weight excluding hydrogens is 283 g/mol. The van der Waals surface area contributed by atoms with Gasteiger partial charge in [-0.05, 0) is 43.7 Å². The van der Waals surface area contributed by atoms with Gasteiger partial charge in [0.25, 0.3) is 0 Å². The standard InChI is InChI=1S/C17H17O3P/c1-17(2,21-19)14-8-4-12(5-9-14)16(18)13-6-10-15(20-3)11-7-13/h4-11H,1-3H3. The first-order valence-electron chi connectivity index (χ1n) is 6.62. The fourth-order valence-corrected chi connectivity index (χ4v) is 2.25. The lowest BCUT2D eigenvalue weighted by Gasteiger charge is -2.16. The smallest absolute Gasteiger partial charge is 0.193 e. The summed E-state index contributed by atoms with van der Waals surface area (Å²) in [6.45, 7) is 3.78. The molecule has 3 nitrogen and oxygen atoms in total. The van der Waals surface area contributed by atoms with Crippen molar-refractivity contribution in [3.05, 3.63) is 65.2 Å². The number of benzene rings is 2. The van der Waals surface area contributed by atoms with Crippen LogP contribution in [0, 0.1) is 0 Å². The van der Waals surface area contributed by atoms with Crippen LogP contribution in [0.3, 0.4) is 0 Å². The van der Waals surface area contributed by atoms with Gasteiger partial charge in [-0.1, -0.05) is 24.3 Å². The van der Waals surface area contributed by atoms with Gasteiger partial charge >= 0.3 is 0 Å². The summed E-state index contributed by atoms with van der Waals surface area (Å²) in [5, 5.41) is -0.443. The first kappa shape index (κ1) is 15.4. The Kier molecular flexibility index (Phi) is 4.54. The minimum atomic E-state index is -0.443. The van der Waals surface area contributed by atoms with E-state index in [1.165, 1.54) is 0 Å².